The first-order chi connectivity index (χ1) is 7.07. The molecule has 0 aromatic rings. The lowest BCUT2D eigenvalue weighted by Gasteiger charge is -2.35. The van der Waals surface area contributed by atoms with Gasteiger partial charge in [0, 0.05) is 26.7 Å². The van der Waals surface area contributed by atoms with E-state index in [1.165, 1.54) is 12.0 Å². The molecule has 0 aromatic carbocycles. The predicted molar refractivity (Wildman–Crippen MR) is 54.0 cm³/mol. The number of rotatable bonds is 3. The second kappa shape index (κ2) is 5.09. The van der Waals surface area contributed by atoms with Crippen molar-refractivity contribution in [2.24, 2.45) is 5.73 Å². The zero-order valence-electron chi connectivity index (χ0n) is 9.03. The molecule has 3 N–H and O–H groups in total. The molecular weight excluding hydrogens is 198 g/mol. The number of hydrogen-bond donors (Lipinski definition) is 2. The molecule has 15 heavy (non-hydrogen) atoms. The lowest BCUT2D eigenvalue weighted by molar-refractivity contribution is -0.148. The molecule has 1 rings (SSSR count). The molecule has 1 aliphatic heterocycles. The van der Waals surface area contributed by atoms with Crippen LogP contribution in [0.25, 0.3) is 0 Å². The Morgan fingerprint density at radius 3 is 2.80 bits per heavy atom. The van der Waals surface area contributed by atoms with Gasteiger partial charge in [0.1, 0.15) is 12.1 Å². The minimum absolute atomic E-state index is 0.192. The zero-order chi connectivity index (χ0) is 11.4. The molecule has 0 bridgehead atoms. The zero-order valence-corrected chi connectivity index (χ0v) is 9.03. The largest absolute Gasteiger partial charge is 0.372 e. The summed E-state index contributed by atoms with van der Waals surface area (Å²) in [6, 6.07) is -0.566. The van der Waals surface area contributed by atoms with Crippen LogP contribution >= 0.6 is 0 Å². The number of carbonyl (C=O) groups excluding carboxylic acids is 2. The van der Waals surface area contributed by atoms with Gasteiger partial charge in [-0.1, -0.05) is 0 Å². The average Bonchev–Trinajstić information content (AvgIpc) is 2.27. The van der Waals surface area contributed by atoms with E-state index in [-0.39, 0.29) is 5.91 Å². The molecule has 1 saturated heterocycles. The first kappa shape index (κ1) is 11.9. The van der Waals surface area contributed by atoms with Crippen molar-refractivity contribution in [3.8, 4) is 0 Å². The lowest BCUT2D eigenvalue weighted by atomic mass is 10.1. The highest BCUT2D eigenvalue weighted by atomic mass is 16.5. The fourth-order valence-electron chi connectivity index (χ4n) is 1.56. The Kier molecular flexibility index (Phi) is 4.05. The molecule has 1 heterocycles. The van der Waals surface area contributed by atoms with Crippen LogP contribution in [-0.4, -0.2) is 55.6 Å². The molecule has 0 saturated carbocycles. The molecule has 0 spiro atoms. The van der Waals surface area contributed by atoms with Gasteiger partial charge < -0.3 is 20.7 Å². The molecule has 0 aromatic heterocycles. The number of nitrogens with one attached hydrogen (secondary N) is 1. The van der Waals surface area contributed by atoms with Crippen LogP contribution in [-0.2, 0) is 14.3 Å². The summed E-state index contributed by atoms with van der Waals surface area (Å²) in [5.41, 5.74) is 5.22. The highest BCUT2D eigenvalue weighted by Gasteiger charge is 2.32. The van der Waals surface area contributed by atoms with E-state index in [0.29, 0.717) is 19.6 Å². The maximum Gasteiger partial charge on any atom is 0.252 e. The number of carbonyl (C=O) groups is 2. The van der Waals surface area contributed by atoms with Gasteiger partial charge in [-0.15, -0.1) is 0 Å². The topological polar surface area (TPSA) is 84.7 Å². The van der Waals surface area contributed by atoms with Crippen LogP contribution < -0.4 is 11.1 Å². The van der Waals surface area contributed by atoms with E-state index in [0.717, 1.165) is 0 Å². The van der Waals surface area contributed by atoms with Crippen molar-refractivity contribution in [3.05, 3.63) is 0 Å². The fraction of sp³-hybridized carbons (Fsp3) is 0.778. The highest BCUT2D eigenvalue weighted by molar-refractivity contribution is 5.88. The van der Waals surface area contributed by atoms with E-state index in [2.05, 4.69) is 5.32 Å². The van der Waals surface area contributed by atoms with Crippen molar-refractivity contribution in [1.82, 2.24) is 10.2 Å². The van der Waals surface area contributed by atoms with Gasteiger partial charge in [-0.05, 0) is 6.92 Å². The van der Waals surface area contributed by atoms with Gasteiger partial charge in [0.2, 0.25) is 5.91 Å². The summed E-state index contributed by atoms with van der Waals surface area (Å²) in [5, 5.41) is 3.02. The molecule has 0 aliphatic carbocycles. The van der Waals surface area contributed by atoms with Crippen LogP contribution in [0.4, 0.5) is 0 Å². The third-order valence-corrected chi connectivity index (χ3v) is 2.56. The second-order valence-electron chi connectivity index (χ2n) is 3.53. The van der Waals surface area contributed by atoms with Gasteiger partial charge >= 0.3 is 0 Å². The Labute approximate surface area is 88.7 Å². The van der Waals surface area contributed by atoms with E-state index < -0.39 is 18.1 Å². The van der Waals surface area contributed by atoms with Crippen molar-refractivity contribution in [1.29, 1.82) is 0 Å². The quantitative estimate of drug-likeness (QED) is 0.588. The summed E-state index contributed by atoms with van der Waals surface area (Å²) in [7, 11) is 1.46. The van der Waals surface area contributed by atoms with Crippen LogP contribution in [0.1, 0.15) is 6.92 Å². The Morgan fingerprint density at radius 2 is 2.27 bits per heavy atom. The Balaban J connectivity index is 2.71. The molecule has 2 amide bonds. The number of ether oxygens (including phenoxy) is 1. The first-order valence-corrected chi connectivity index (χ1v) is 4.91. The number of amides is 2. The Hall–Kier alpha value is -1.14. The molecule has 2 atom stereocenters. The van der Waals surface area contributed by atoms with Crippen molar-refractivity contribution in [2.75, 3.05) is 26.7 Å². The molecule has 1 fully saturated rings. The van der Waals surface area contributed by atoms with Gasteiger partial charge in [0.15, 0.2) is 0 Å². The van der Waals surface area contributed by atoms with Gasteiger partial charge in [0.05, 0.1) is 0 Å². The van der Waals surface area contributed by atoms with Crippen molar-refractivity contribution < 1.29 is 14.3 Å². The van der Waals surface area contributed by atoms with Gasteiger partial charge in [0.25, 0.3) is 5.91 Å². The molecule has 6 nitrogen and oxygen atoms in total. The summed E-state index contributed by atoms with van der Waals surface area (Å²) >= 11 is 0. The molecule has 0 radical (unpaired) electrons. The van der Waals surface area contributed by atoms with E-state index in [1.54, 1.807) is 6.92 Å². The Morgan fingerprint density at radius 1 is 1.60 bits per heavy atom. The molecular formula is C9H17N3O3. The summed E-state index contributed by atoms with van der Waals surface area (Å²) in [5.74, 6) is -0.679. The number of nitrogens with two attached hydrogens (primary N) is 1. The van der Waals surface area contributed by atoms with Crippen molar-refractivity contribution >= 4 is 11.8 Å². The first-order valence-electron chi connectivity index (χ1n) is 4.91. The van der Waals surface area contributed by atoms with E-state index >= 15 is 0 Å². The Bertz CT molecular complexity index is 257. The number of methoxy groups -OCH3 is 1. The number of piperazine rings is 1. The van der Waals surface area contributed by atoms with Gasteiger partial charge in [-0.3, -0.25) is 9.59 Å². The van der Waals surface area contributed by atoms with E-state index in [4.69, 9.17) is 10.5 Å². The summed E-state index contributed by atoms with van der Waals surface area (Å²) in [4.78, 5) is 24.4. The number of nitrogens with zero attached hydrogens (tertiary/aromatic N) is 1. The third kappa shape index (κ3) is 2.66. The SMILES string of the molecule is COC(C)C(=O)N1CCNCC1C(N)=O. The smallest absolute Gasteiger partial charge is 0.252 e. The predicted octanol–water partition coefficient (Wildman–Crippen LogP) is -1.69. The third-order valence-electron chi connectivity index (χ3n) is 2.56. The summed E-state index contributed by atoms with van der Waals surface area (Å²) < 4.78 is 4.93. The summed E-state index contributed by atoms with van der Waals surface area (Å²) in [6.07, 6.45) is -0.537. The summed E-state index contributed by atoms with van der Waals surface area (Å²) in [6.45, 7) is 3.23. The van der Waals surface area contributed by atoms with Crippen LogP contribution in [0.5, 0.6) is 0 Å². The highest BCUT2D eigenvalue weighted by Crippen LogP contribution is 2.06. The van der Waals surface area contributed by atoms with E-state index in [1.807, 2.05) is 0 Å². The lowest BCUT2D eigenvalue weighted by Crippen LogP contribution is -2.60. The van der Waals surface area contributed by atoms with Crippen LogP contribution in [0.2, 0.25) is 0 Å². The van der Waals surface area contributed by atoms with Crippen molar-refractivity contribution in [2.45, 2.75) is 19.1 Å². The standard InChI is InChI=1S/C9H17N3O3/c1-6(15-2)9(14)12-4-3-11-5-7(12)8(10)13/h6-7,11H,3-5H2,1-2H3,(H2,10,13). The average molecular weight is 215 g/mol. The number of hydrogen-bond acceptors (Lipinski definition) is 4. The van der Waals surface area contributed by atoms with E-state index in [9.17, 15) is 9.59 Å². The van der Waals surface area contributed by atoms with Gasteiger partial charge in [-0.2, -0.15) is 0 Å². The molecule has 86 valence electrons. The molecule has 1 aliphatic rings. The molecule has 6 heteroatoms. The molecule has 2 unspecified atom stereocenters. The van der Waals surface area contributed by atoms with Crippen LogP contribution in [0, 0.1) is 0 Å². The minimum atomic E-state index is -0.566. The second-order valence-corrected chi connectivity index (χ2v) is 3.53. The van der Waals surface area contributed by atoms with Crippen molar-refractivity contribution in [3.63, 3.8) is 0 Å². The van der Waals surface area contributed by atoms with Crippen LogP contribution in [0.3, 0.4) is 0 Å². The maximum absolute atomic E-state index is 11.8. The fourth-order valence-corrected chi connectivity index (χ4v) is 1.56. The van der Waals surface area contributed by atoms with Crippen LogP contribution in [0.15, 0.2) is 0 Å². The minimum Gasteiger partial charge on any atom is -0.372 e. The monoisotopic (exact) mass is 215 g/mol. The maximum atomic E-state index is 11.8. The van der Waals surface area contributed by atoms with Gasteiger partial charge in [-0.25, -0.2) is 0 Å². The number of primary amides is 1. The normalized spacial score (nSPS) is 23.6.